The molecule has 2 N–H and O–H groups in total. The van der Waals surface area contributed by atoms with Crippen molar-refractivity contribution < 1.29 is 34.1 Å². The topological polar surface area (TPSA) is 110 Å². The van der Waals surface area contributed by atoms with Gasteiger partial charge in [0, 0.05) is 49.0 Å². The molecule has 3 aliphatic carbocycles. The molecule has 2 aromatic rings. The molecule has 324 valence electrons. The summed E-state index contributed by atoms with van der Waals surface area (Å²) in [5, 5.41) is 24.9. The van der Waals surface area contributed by atoms with E-state index in [2.05, 4.69) is 48.9 Å². The van der Waals surface area contributed by atoms with Gasteiger partial charge in [0.25, 0.3) is 0 Å². The third kappa shape index (κ3) is 10.8. The van der Waals surface area contributed by atoms with Gasteiger partial charge in [-0.25, -0.2) is 0 Å². The molecule has 2 saturated carbocycles. The van der Waals surface area contributed by atoms with Crippen LogP contribution in [0.5, 0.6) is 17.2 Å². The fourth-order valence-electron chi connectivity index (χ4n) is 10.1. The molecule has 6 unspecified atom stereocenters. The van der Waals surface area contributed by atoms with E-state index in [9.17, 15) is 15.0 Å². The normalized spacial score (nSPS) is 25.8. The Labute approximate surface area is 358 Å². The van der Waals surface area contributed by atoms with Crippen molar-refractivity contribution in [1.29, 1.82) is 0 Å². The Balaban J connectivity index is 1.55. The van der Waals surface area contributed by atoms with Crippen LogP contribution in [0.1, 0.15) is 129 Å². The summed E-state index contributed by atoms with van der Waals surface area (Å²) in [5.74, 6) is 1.52. The summed E-state index contributed by atoms with van der Waals surface area (Å²) in [4.78, 5) is 24.3. The van der Waals surface area contributed by atoms with Gasteiger partial charge >= 0.3 is 0 Å². The lowest BCUT2D eigenvalue weighted by atomic mass is 9.55. The van der Waals surface area contributed by atoms with E-state index in [-0.39, 0.29) is 49.4 Å². The van der Waals surface area contributed by atoms with Crippen LogP contribution >= 0.6 is 11.8 Å². The average molecular weight is 831 g/mol. The number of hydrogen-bond acceptors (Lipinski definition) is 9. The van der Waals surface area contributed by atoms with Gasteiger partial charge in [-0.05, 0) is 131 Å². The zero-order chi connectivity index (χ0) is 42.0. The number of aliphatic hydroxyl groups is 2. The molecule has 4 aliphatic rings. The smallest absolute Gasteiger partial charge is 0.239 e. The number of hydrogen-bond donors (Lipinski definition) is 2. The van der Waals surface area contributed by atoms with Gasteiger partial charge in [-0.2, -0.15) is 0 Å². The van der Waals surface area contributed by atoms with E-state index in [0.29, 0.717) is 31.7 Å². The minimum absolute atomic E-state index is 0.108. The number of fused-ring (bicyclic) bond motifs is 2. The van der Waals surface area contributed by atoms with Crippen LogP contribution in [-0.4, -0.2) is 76.8 Å². The molecule has 6 rings (SSSR count). The predicted octanol–water partition coefficient (Wildman–Crippen LogP) is 10.8. The monoisotopic (exact) mass is 830 g/mol. The lowest BCUT2D eigenvalue weighted by Crippen LogP contribution is -2.70. The van der Waals surface area contributed by atoms with Crippen molar-refractivity contribution in [3.05, 3.63) is 72.3 Å². The molecule has 0 radical (unpaired) electrons. The largest absolute Gasteiger partial charge is 0.459 e. The fraction of sp³-hybridized carbons (Fsp3) is 0.633. The first kappa shape index (κ1) is 45.2. The standard InChI is InChI=1S/C49H70N2O7S/c1-7-27-51(45(54)26-19-34-15-9-10-16-34)44-33-42(50-58-48(3,4)5)40-31-35(17-11-13-28-52)39(18-12-14-29-53)46-41-32-37(56-36-20-23-38(59-6)24-21-36)22-25-43(41)57-49(44,47(40)46)55-30-8-2/h8,20-25,31-32,34-35,39,44,46-47,52-53H,2,7,9-19,26-30,33H2,1,3-6H3. The fourth-order valence-corrected chi connectivity index (χ4v) is 10.6. The number of aliphatic hydroxyl groups excluding tert-OH is 2. The van der Waals surface area contributed by atoms with Gasteiger partial charge in [0.05, 0.1) is 18.2 Å². The molecule has 2 fully saturated rings. The van der Waals surface area contributed by atoms with E-state index in [1.807, 2.05) is 45.0 Å². The van der Waals surface area contributed by atoms with E-state index in [4.69, 9.17) is 24.2 Å². The van der Waals surface area contributed by atoms with Crippen LogP contribution in [0.15, 0.2) is 76.8 Å². The molecule has 6 atom stereocenters. The SMILES string of the molecule is C=CCOC12Oc3ccc(Oc4ccc(SC)cc4)cc3C3C(CCCCO)C(CCCCO)C=C(C(=NOC(C)(C)C)CC1N(CCC)C(=O)CCC1CCCC1)C32. The highest BCUT2D eigenvalue weighted by molar-refractivity contribution is 7.98. The highest BCUT2D eigenvalue weighted by atomic mass is 32.2. The van der Waals surface area contributed by atoms with Gasteiger partial charge in [0.15, 0.2) is 0 Å². The molecule has 10 heteroatoms. The van der Waals surface area contributed by atoms with Crippen molar-refractivity contribution in [3.63, 3.8) is 0 Å². The Morgan fingerprint density at radius 2 is 1.73 bits per heavy atom. The number of unbranched alkanes of at least 4 members (excludes halogenated alkanes) is 2. The summed E-state index contributed by atoms with van der Waals surface area (Å²) < 4.78 is 21.1. The van der Waals surface area contributed by atoms with Crippen LogP contribution in [0.4, 0.5) is 0 Å². The number of oxime groups is 1. The van der Waals surface area contributed by atoms with Crippen molar-refractivity contribution >= 4 is 23.4 Å². The third-order valence-electron chi connectivity index (χ3n) is 12.8. The van der Waals surface area contributed by atoms with Crippen molar-refractivity contribution in [2.24, 2.45) is 28.8 Å². The molecule has 9 nitrogen and oxygen atoms in total. The zero-order valence-electron chi connectivity index (χ0n) is 36.3. The van der Waals surface area contributed by atoms with Crippen LogP contribution in [0.25, 0.3) is 0 Å². The molecule has 0 saturated heterocycles. The number of carbonyl (C=O) groups excluding carboxylic acids is 1. The lowest BCUT2D eigenvalue weighted by molar-refractivity contribution is -0.257. The van der Waals surface area contributed by atoms with E-state index in [1.165, 1.54) is 30.6 Å². The van der Waals surface area contributed by atoms with Crippen molar-refractivity contribution in [1.82, 2.24) is 4.90 Å². The van der Waals surface area contributed by atoms with Gasteiger partial charge < -0.3 is 34.2 Å². The van der Waals surface area contributed by atoms with Crippen LogP contribution in [-0.2, 0) is 14.4 Å². The van der Waals surface area contributed by atoms with Gasteiger partial charge in [-0.15, -0.1) is 18.3 Å². The van der Waals surface area contributed by atoms with Crippen LogP contribution < -0.4 is 9.47 Å². The zero-order valence-corrected chi connectivity index (χ0v) is 37.2. The minimum Gasteiger partial charge on any atom is -0.459 e. The maximum atomic E-state index is 14.7. The van der Waals surface area contributed by atoms with Gasteiger partial charge in [0.1, 0.15) is 28.9 Å². The van der Waals surface area contributed by atoms with Crippen LogP contribution in [0.3, 0.4) is 0 Å². The second-order valence-electron chi connectivity index (χ2n) is 18.0. The summed E-state index contributed by atoms with van der Waals surface area (Å²) in [5.41, 5.74) is 2.39. The van der Waals surface area contributed by atoms with E-state index in [0.717, 1.165) is 79.0 Å². The Morgan fingerprint density at radius 3 is 2.39 bits per heavy atom. The number of benzene rings is 2. The Kier molecular flexibility index (Phi) is 16.1. The number of rotatable bonds is 21. The maximum absolute atomic E-state index is 14.7. The summed E-state index contributed by atoms with van der Waals surface area (Å²) in [7, 11) is 0. The minimum atomic E-state index is -1.25. The number of ether oxygens (including phenoxy) is 3. The van der Waals surface area contributed by atoms with Crippen molar-refractivity contribution in [3.8, 4) is 17.2 Å². The molecular formula is C49H70N2O7S. The first-order chi connectivity index (χ1) is 28.5. The summed E-state index contributed by atoms with van der Waals surface area (Å²) in [6.45, 7) is 13.3. The Hall–Kier alpha value is -3.31. The van der Waals surface area contributed by atoms with E-state index in [1.54, 1.807) is 17.8 Å². The van der Waals surface area contributed by atoms with Gasteiger partial charge in [-0.3, -0.25) is 4.79 Å². The molecule has 1 aliphatic heterocycles. The van der Waals surface area contributed by atoms with Gasteiger partial charge in [-0.1, -0.05) is 62.8 Å². The molecule has 0 aromatic heterocycles. The highest BCUT2D eigenvalue weighted by Crippen LogP contribution is 2.62. The molecule has 0 bridgehead atoms. The quantitative estimate of drug-likeness (QED) is 0.0554. The molecule has 1 amide bonds. The molecular weight excluding hydrogens is 761 g/mol. The molecule has 1 heterocycles. The average Bonchev–Trinajstić information content (AvgIpc) is 3.76. The number of allylic oxidation sites excluding steroid dienone is 1. The number of thioether (sulfide) groups is 1. The summed E-state index contributed by atoms with van der Waals surface area (Å²) in [6, 6.07) is 13.8. The number of carbonyl (C=O) groups is 1. The second kappa shape index (κ2) is 21.0. The molecule has 2 aromatic carbocycles. The summed E-state index contributed by atoms with van der Waals surface area (Å²) in [6.07, 6.45) is 18.7. The van der Waals surface area contributed by atoms with Crippen molar-refractivity contribution in [2.45, 2.75) is 146 Å². The van der Waals surface area contributed by atoms with Crippen molar-refractivity contribution in [2.75, 3.05) is 32.6 Å². The number of nitrogens with zero attached hydrogens (tertiary/aromatic N) is 2. The van der Waals surface area contributed by atoms with Gasteiger partial charge in [0.2, 0.25) is 11.7 Å². The highest BCUT2D eigenvalue weighted by Gasteiger charge is 2.65. The third-order valence-corrected chi connectivity index (χ3v) is 13.5. The first-order valence-corrected chi connectivity index (χ1v) is 23.7. The van der Waals surface area contributed by atoms with Crippen LogP contribution in [0, 0.1) is 23.7 Å². The summed E-state index contributed by atoms with van der Waals surface area (Å²) >= 11 is 1.69. The second-order valence-corrected chi connectivity index (χ2v) is 18.9. The lowest BCUT2D eigenvalue weighted by Gasteiger charge is -2.60. The van der Waals surface area contributed by atoms with E-state index < -0.39 is 17.4 Å². The molecule has 0 spiro atoms. The van der Waals surface area contributed by atoms with E-state index >= 15 is 0 Å². The first-order valence-electron chi connectivity index (χ1n) is 22.4. The predicted molar refractivity (Wildman–Crippen MR) is 237 cm³/mol. The number of amides is 1. The molecule has 59 heavy (non-hydrogen) atoms. The Bertz CT molecular complexity index is 1750. The maximum Gasteiger partial charge on any atom is 0.239 e. The Morgan fingerprint density at radius 1 is 1.02 bits per heavy atom. The van der Waals surface area contributed by atoms with Crippen LogP contribution in [0.2, 0.25) is 0 Å².